The van der Waals surface area contributed by atoms with Crippen LogP contribution < -0.4 is 4.90 Å². The quantitative estimate of drug-likeness (QED) is 0.615. The molecular formula is C22H28N2O5. The van der Waals surface area contributed by atoms with Crippen LogP contribution in [0.4, 0.5) is 15.3 Å². The molecule has 0 saturated heterocycles. The predicted octanol–water partition coefficient (Wildman–Crippen LogP) is 4.01. The summed E-state index contributed by atoms with van der Waals surface area (Å²) in [7, 11) is 0. The lowest BCUT2D eigenvalue weighted by atomic mass is 9.79. The normalized spacial score (nSPS) is 21.4. The zero-order chi connectivity index (χ0) is 21.6. The summed E-state index contributed by atoms with van der Waals surface area (Å²) >= 11 is 0. The molecule has 0 aliphatic carbocycles. The highest BCUT2D eigenvalue weighted by Crippen LogP contribution is 2.45. The summed E-state index contributed by atoms with van der Waals surface area (Å²) in [6.07, 6.45) is 2.32. The van der Waals surface area contributed by atoms with Gasteiger partial charge in [-0.1, -0.05) is 30.4 Å². The third-order valence-corrected chi connectivity index (χ3v) is 4.61. The molecule has 0 radical (unpaired) electrons. The minimum atomic E-state index is -1.15. The van der Waals surface area contributed by atoms with E-state index in [9.17, 15) is 14.4 Å². The first-order valence-corrected chi connectivity index (χ1v) is 9.67. The number of hydrogen-bond acceptors (Lipinski definition) is 5. The van der Waals surface area contributed by atoms with E-state index in [0.29, 0.717) is 17.8 Å². The molecule has 3 rings (SSSR count). The Morgan fingerprint density at radius 2 is 1.55 bits per heavy atom. The Hall–Kier alpha value is -2.83. The monoisotopic (exact) mass is 400 g/mol. The molecule has 7 nitrogen and oxygen atoms in total. The summed E-state index contributed by atoms with van der Waals surface area (Å²) in [6, 6.07) is 7.10. The van der Waals surface area contributed by atoms with Gasteiger partial charge in [0.1, 0.15) is 16.6 Å². The topological polar surface area (TPSA) is 76.2 Å². The van der Waals surface area contributed by atoms with Gasteiger partial charge in [0, 0.05) is 13.1 Å². The van der Waals surface area contributed by atoms with E-state index in [4.69, 9.17) is 9.47 Å². The number of nitrogens with zero attached hydrogens (tertiary/aromatic N) is 2. The van der Waals surface area contributed by atoms with Gasteiger partial charge >= 0.3 is 12.2 Å². The number of benzene rings is 1. The minimum absolute atomic E-state index is 0.0908. The average molecular weight is 400 g/mol. The van der Waals surface area contributed by atoms with E-state index in [2.05, 4.69) is 0 Å². The van der Waals surface area contributed by atoms with Crippen molar-refractivity contribution in [2.45, 2.75) is 58.2 Å². The molecule has 1 aromatic rings. The largest absolute Gasteiger partial charge is 0.444 e. The van der Waals surface area contributed by atoms with Crippen LogP contribution in [0.5, 0.6) is 0 Å². The third-order valence-electron chi connectivity index (χ3n) is 4.61. The fourth-order valence-corrected chi connectivity index (χ4v) is 3.54. The molecule has 0 bridgehead atoms. The second kappa shape index (κ2) is 6.90. The SMILES string of the molecule is CC(C)(C)OC(=O)N1CC=CC2(C1)C(=O)N(C(=O)OC(C)(C)C)c1ccccc12. The first-order chi connectivity index (χ1) is 13.3. The number of para-hydroxylation sites is 1. The third kappa shape index (κ3) is 3.99. The number of rotatable bonds is 0. The van der Waals surface area contributed by atoms with Crippen molar-refractivity contribution in [3.8, 4) is 0 Å². The van der Waals surface area contributed by atoms with Gasteiger partial charge in [-0.2, -0.15) is 0 Å². The molecule has 7 heteroatoms. The van der Waals surface area contributed by atoms with Crippen LogP contribution in [0.15, 0.2) is 36.4 Å². The van der Waals surface area contributed by atoms with Gasteiger partial charge in [-0.05, 0) is 53.2 Å². The highest BCUT2D eigenvalue weighted by molar-refractivity contribution is 6.22. The van der Waals surface area contributed by atoms with Gasteiger partial charge < -0.3 is 14.4 Å². The molecule has 2 heterocycles. The molecule has 0 N–H and O–H groups in total. The zero-order valence-corrected chi connectivity index (χ0v) is 17.8. The molecule has 3 amide bonds. The van der Waals surface area contributed by atoms with E-state index in [1.54, 1.807) is 71.9 Å². The van der Waals surface area contributed by atoms with E-state index in [1.807, 2.05) is 6.07 Å². The number of fused-ring (bicyclic) bond motifs is 2. The summed E-state index contributed by atoms with van der Waals surface area (Å²) in [4.78, 5) is 41.5. The lowest BCUT2D eigenvalue weighted by molar-refractivity contribution is -0.122. The fourth-order valence-electron chi connectivity index (χ4n) is 3.54. The summed E-state index contributed by atoms with van der Waals surface area (Å²) in [6.45, 7) is 11.0. The smallest absolute Gasteiger partial charge is 0.421 e. The van der Waals surface area contributed by atoms with Crippen LogP contribution in [-0.2, 0) is 19.7 Å². The molecule has 2 aliphatic rings. The first-order valence-electron chi connectivity index (χ1n) is 9.67. The Morgan fingerprint density at radius 1 is 0.966 bits per heavy atom. The average Bonchev–Trinajstić information content (AvgIpc) is 2.81. The lowest BCUT2D eigenvalue weighted by Crippen LogP contribution is -2.53. The molecule has 1 spiro atoms. The highest BCUT2D eigenvalue weighted by atomic mass is 16.6. The molecule has 156 valence electrons. The van der Waals surface area contributed by atoms with Gasteiger partial charge in [0.15, 0.2) is 0 Å². The summed E-state index contributed by atoms with van der Waals surface area (Å²) in [5.41, 5.74) is -1.40. The van der Waals surface area contributed by atoms with Crippen molar-refractivity contribution in [2.24, 2.45) is 0 Å². The van der Waals surface area contributed by atoms with Crippen LogP contribution in [0.2, 0.25) is 0 Å². The van der Waals surface area contributed by atoms with Crippen LogP contribution in [-0.4, -0.2) is 47.3 Å². The maximum Gasteiger partial charge on any atom is 0.421 e. The maximum atomic E-state index is 13.5. The van der Waals surface area contributed by atoms with E-state index in [-0.39, 0.29) is 6.54 Å². The van der Waals surface area contributed by atoms with Gasteiger partial charge in [-0.3, -0.25) is 4.79 Å². The van der Waals surface area contributed by atoms with Crippen molar-refractivity contribution in [3.63, 3.8) is 0 Å². The Bertz CT molecular complexity index is 878. The van der Waals surface area contributed by atoms with Gasteiger partial charge in [0.25, 0.3) is 5.91 Å². The van der Waals surface area contributed by atoms with Crippen LogP contribution in [0, 0.1) is 0 Å². The standard InChI is InChI=1S/C22H28N2O5/c1-20(2,3)28-18(26)23-13-9-12-22(14-23)15-10-7-8-11-16(15)24(17(22)25)19(27)29-21(4,5)6/h7-12H,13-14H2,1-6H3. The van der Waals surface area contributed by atoms with Crippen LogP contribution >= 0.6 is 0 Å². The van der Waals surface area contributed by atoms with E-state index >= 15 is 0 Å². The van der Waals surface area contributed by atoms with Crippen molar-refractivity contribution in [1.29, 1.82) is 0 Å². The molecule has 0 saturated carbocycles. The van der Waals surface area contributed by atoms with Crippen LogP contribution in [0.3, 0.4) is 0 Å². The molecule has 29 heavy (non-hydrogen) atoms. The highest BCUT2D eigenvalue weighted by Gasteiger charge is 2.54. The van der Waals surface area contributed by atoms with E-state index < -0.39 is 34.7 Å². The molecule has 0 fully saturated rings. The predicted molar refractivity (Wildman–Crippen MR) is 109 cm³/mol. The molecule has 0 aromatic heterocycles. The Labute approximate surface area is 171 Å². The number of hydrogen-bond donors (Lipinski definition) is 0. The van der Waals surface area contributed by atoms with Gasteiger partial charge in [-0.25, -0.2) is 14.5 Å². The number of carbonyl (C=O) groups excluding carboxylic acids is 3. The number of imide groups is 1. The summed E-state index contributed by atoms with van der Waals surface area (Å²) in [5, 5.41) is 0. The Kier molecular flexibility index (Phi) is 4.97. The molecule has 1 unspecified atom stereocenters. The van der Waals surface area contributed by atoms with Crippen molar-refractivity contribution in [1.82, 2.24) is 4.90 Å². The van der Waals surface area contributed by atoms with E-state index in [0.717, 1.165) is 4.90 Å². The van der Waals surface area contributed by atoms with Crippen molar-refractivity contribution < 1.29 is 23.9 Å². The maximum absolute atomic E-state index is 13.5. The second-order valence-electron chi connectivity index (χ2n) is 9.37. The second-order valence-corrected chi connectivity index (χ2v) is 9.37. The van der Waals surface area contributed by atoms with E-state index in [1.165, 1.54) is 4.90 Å². The molecule has 1 aromatic carbocycles. The van der Waals surface area contributed by atoms with Crippen molar-refractivity contribution in [3.05, 3.63) is 42.0 Å². The number of anilines is 1. The Balaban J connectivity index is 1.98. The fraction of sp³-hybridized carbons (Fsp3) is 0.500. The number of amides is 3. The van der Waals surface area contributed by atoms with Gasteiger partial charge in [-0.15, -0.1) is 0 Å². The van der Waals surface area contributed by atoms with Crippen molar-refractivity contribution >= 4 is 23.8 Å². The van der Waals surface area contributed by atoms with Crippen LogP contribution in [0.25, 0.3) is 0 Å². The Morgan fingerprint density at radius 3 is 2.17 bits per heavy atom. The summed E-state index contributed by atoms with van der Waals surface area (Å²) in [5.74, 6) is -0.433. The zero-order valence-electron chi connectivity index (χ0n) is 17.8. The number of carbonyl (C=O) groups is 3. The van der Waals surface area contributed by atoms with Gasteiger partial charge in [0.05, 0.1) is 5.69 Å². The molecule has 2 aliphatic heterocycles. The van der Waals surface area contributed by atoms with Gasteiger partial charge in [0.2, 0.25) is 0 Å². The molecular weight excluding hydrogens is 372 g/mol. The summed E-state index contributed by atoms with van der Waals surface area (Å²) < 4.78 is 10.9. The minimum Gasteiger partial charge on any atom is -0.444 e. The first kappa shape index (κ1) is 20.9. The van der Waals surface area contributed by atoms with Crippen molar-refractivity contribution in [2.75, 3.05) is 18.0 Å². The molecule has 1 atom stereocenters. The van der Waals surface area contributed by atoms with Crippen LogP contribution in [0.1, 0.15) is 47.1 Å². The lowest BCUT2D eigenvalue weighted by Gasteiger charge is -2.36. The number of ether oxygens (including phenoxy) is 2.